The van der Waals surface area contributed by atoms with Gasteiger partial charge in [0.2, 0.25) is 0 Å². The summed E-state index contributed by atoms with van der Waals surface area (Å²) in [6.07, 6.45) is -2.97. The molecule has 0 spiro atoms. The van der Waals surface area contributed by atoms with Gasteiger partial charge in [0.1, 0.15) is 29.8 Å². The van der Waals surface area contributed by atoms with Gasteiger partial charge in [0.15, 0.2) is 0 Å². The van der Waals surface area contributed by atoms with E-state index in [0.717, 1.165) is 6.07 Å². The van der Waals surface area contributed by atoms with Crippen molar-refractivity contribution in [3.05, 3.63) is 72.1 Å². The lowest BCUT2D eigenvalue weighted by atomic mass is 10.1. The number of amides is 1. The molecule has 2 aromatic heterocycles. The topological polar surface area (TPSA) is 120 Å². The van der Waals surface area contributed by atoms with Crippen LogP contribution in [0.4, 0.5) is 18.9 Å². The van der Waals surface area contributed by atoms with Crippen LogP contribution >= 0.6 is 0 Å². The Kier molecular flexibility index (Phi) is 6.48. The summed E-state index contributed by atoms with van der Waals surface area (Å²) in [4.78, 5) is 24.0. The maximum Gasteiger partial charge on any atom is 0.417 e. The number of imidazole rings is 1. The summed E-state index contributed by atoms with van der Waals surface area (Å²) in [5.74, 6) is -0.261. The van der Waals surface area contributed by atoms with Crippen LogP contribution in [0.15, 0.2) is 60.9 Å². The van der Waals surface area contributed by atoms with Gasteiger partial charge in [0.05, 0.1) is 29.4 Å². The number of hydrogen-bond acceptors (Lipinski definition) is 6. The third-order valence-corrected chi connectivity index (χ3v) is 4.87. The monoisotopic (exact) mass is 472 g/mol. The van der Waals surface area contributed by atoms with Crippen LogP contribution in [-0.4, -0.2) is 50.4 Å². The second-order valence-electron chi connectivity index (χ2n) is 7.34. The summed E-state index contributed by atoms with van der Waals surface area (Å²) in [6, 6.07) is 11.4. The highest BCUT2D eigenvalue weighted by atomic mass is 19.4. The number of aromatic amines is 1. The van der Waals surface area contributed by atoms with E-state index >= 15 is 0 Å². The molecule has 1 atom stereocenters. The van der Waals surface area contributed by atoms with E-state index in [0.29, 0.717) is 17.0 Å². The number of aliphatic hydroxyl groups excluding tert-OH is 2. The van der Waals surface area contributed by atoms with E-state index < -0.39 is 30.4 Å². The number of aromatic nitrogens is 3. The molecule has 2 aromatic carbocycles. The molecule has 0 saturated heterocycles. The fourth-order valence-corrected chi connectivity index (χ4v) is 3.27. The van der Waals surface area contributed by atoms with Gasteiger partial charge in [-0.2, -0.15) is 13.2 Å². The van der Waals surface area contributed by atoms with E-state index in [1.807, 2.05) is 0 Å². The van der Waals surface area contributed by atoms with E-state index in [1.54, 1.807) is 18.2 Å². The largest absolute Gasteiger partial charge is 0.491 e. The van der Waals surface area contributed by atoms with Crippen LogP contribution in [0.25, 0.3) is 22.4 Å². The summed E-state index contributed by atoms with van der Waals surface area (Å²) in [6.45, 7) is -0.584. The number of rotatable bonds is 7. The van der Waals surface area contributed by atoms with Crippen molar-refractivity contribution in [3.8, 4) is 17.1 Å². The molecule has 0 fully saturated rings. The minimum atomic E-state index is -4.58. The molecule has 8 nitrogen and oxygen atoms in total. The number of nitrogens with zero attached hydrogens (tertiary/aromatic N) is 2. The first kappa shape index (κ1) is 23.2. The van der Waals surface area contributed by atoms with E-state index in [2.05, 4.69) is 20.3 Å². The highest BCUT2D eigenvalue weighted by Gasteiger charge is 2.34. The number of carbonyl (C=O) groups excluding carboxylic acids is 1. The fourth-order valence-electron chi connectivity index (χ4n) is 3.27. The van der Waals surface area contributed by atoms with Crippen LogP contribution in [0.3, 0.4) is 0 Å². The van der Waals surface area contributed by atoms with Crippen molar-refractivity contribution in [2.24, 2.45) is 0 Å². The first-order chi connectivity index (χ1) is 16.3. The number of ether oxygens (including phenoxy) is 1. The summed E-state index contributed by atoms with van der Waals surface area (Å²) in [5.41, 5.74) is -0.0982. The molecule has 4 rings (SSSR count). The first-order valence-electron chi connectivity index (χ1n) is 10.1. The quantitative estimate of drug-likeness (QED) is 0.326. The van der Waals surface area contributed by atoms with Crippen LogP contribution in [0, 0.1) is 0 Å². The van der Waals surface area contributed by atoms with Crippen LogP contribution in [0.1, 0.15) is 15.9 Å². The van der Waals surface area contributed by atoms with E-state index in [-0.39, 0.29) is 29.1 Å². The maximum atomic E-state index is 13.4. The molecule has 4 N–H and O–H groups in total. The number of fused-ring (bicyclic) bond motifs is 1. The van der Waals surface area contributed by atoms with Gasteiger partial charge in [-0.05, 0) is 18.2 Å². The zero-order valence-electron chi connectivity index (χ0n) is 17.5. The zero-order valence-corrected chi connectivity index (χ0v) is 17.5. The Morgan fingerprint density at radius 3 is 2.71 bits per heavy atom. The van der Waals surface area contributed by atoms with Gasteiger partial charge >= 0.3 is 6.18 Å². The molecule has 0 aliphatic rings. The van der Waals surface area contributed by atoms with Crippen molar-refractivity contribution in [1.82, 2.24) is 15.0 Å². The number of hydrogen-bond donors (Lipinski definition) is 4. The molecule has 0 aliphatic heterocycles. The van der Waals surface area contributed by atoms with E-state index in [9.17, 15) is 23.1 Å². The molecular formula is C23H19F3N4O4. The number of benzene rings is 2. The summed E-state index contributed by atoms with van der Waals surface area (Å²) in [7, 11) is 0. The average molecular weight is 472 g/mol. The van der Waals surface area contributed by atoms with Gasteiger partial charge < -0.3 is 25.3 Å². The predicted octanol–water partition coefficient (Wildman–Crippen LogP) is 3.63. The third kappa shape index (κ3) is 5.00. The normalized spacial score (nSPS) is 12.5. The molecule has 4 aromatic rings. The molecule has 0 unspecified atom stereocenters. The fraction of sp³-hybridized carbons (Fsp3) is 0.174. The number of halogens is 3. The first-order valence-corrected chi connectivity index (χ1v) is 10.1. The van der Waals surface area contributed by atoms with Crippen LogP contribution in [0.5, 0.6) is 5.75 Å². The lowest BCUT2D eigenvalue weighted by molar-refractivity contribution is -0.137. The summed E-state index contributed by atoms with van der Waals surface area (Å²) >= 11 is 0. The molecule has 0 bridgehead atoms. The SMILES string of the molecule is O=C(Nc1cccc(OC[C@H](O)CO)c1)c1cncc2[nH]c(-c3ccccc3C(F)(F)F)nc12. The van der Waals surface area contributed by atoms with Crippen molar-refractivity contribution in [1.29, 1.82) is 0 Å². The number of carbonyl (C=O) groups is 1. The van der Waals surface area contributed by atoms with Gasteiger partial charge in [0.25, 0.3) is 5.91 Å². The second-order valence-corrected chi connectivity index (χ2v) is 7.34. The number of nitrogens with one attached hydrogen (secondary N) is 2. The predicted molar refractivity (Wildman–Crippen MR) is 117 cm³/mol. The Morgan fingerprint density at radius 1 is 1.15 bits per heavy atom. The summed E-state index contributed by atoms with van der Waals surface area (Å²) in [5, 5.41) is 20.9. The second kappa shape index (κ2) is 9.49. The third-order valence-electron chi connectivity index (χ3n) is 4.87. The van der Waals surface area contributed by atoms with E-state index in [1.165, 1.54) is 36.7 Å². The highest BCUT2D eigenvalue weighted by Crippen LogP contribution is 2.36. The molecule has 11 heteroatoms. The van der Waals surface area contributed by atoms with Gasteiger partial charge in [-0.1, -0.05) is 24.3 Å². The Hall–Kier alpha value is -3.96. The minimum absolute atomic E-state index is 0.0391. The minimum Gasteiger partial charge on any atom is -0.491 e. The van der Waals surface area contributed by atoms with Crippen LogP contribution < -0.4 is 10.1 Å². The molecule has 176 valence electrons. The average Bonchev–Trinajstić information content (AvgIpc) is 3.26. The van der Waals surface area contributed by atoms with Crippen LogP contribution in [-0.2, 0) is 6.18 Å². The molecule has 2 heterocycles. The zero-order chi connectivity index (χ0) is 24.3. The van der Waals surface area contributed by atoms with Gasteiger partial charge in [-0.15, -0.1) is 0 Å². The lowest BCUT2D eigenvalue weighted by Crippen LogP contribution is -2.21. The van der Waals surface area contributed by atoms with Crippen molar-refractivity contribution < 1.29 is 32.9 Å². The van der Waals surface area contributed by atoms with E-state index in [4.69, 9.17) is 9.84 Å². The molecule has 34 heavy (non-hydrogen) atoms. The van der Waals surface area contributed by atoms with Crippen molar-refractivity contribution >= 4 is 22.6 Å². The van der Waals surface area contributed by atoms with Gasteiger partial charge in [-0.25, -0.2) is 4.98 Å². The van der Waals surface area contributed by atoms with Crippen molar-refractivity contribution in [2.45, 2.75) is 12.3 Å². The Morgan fingerprint density at radius 2 is 1.94 bits per heavy atom. The molecule has 0 saturated carbocycles. The Balaban J connectivity index is 1.62. The molecule has 0 aliphatic carbocycles. The van der Waals surface area contributed by atoms with Gasteiger partial charge in [-0.3, -0.25) is 9.78 Å². The highest BCUT2D eigenvalue weighted by molar-refractivity contribution is 6.11. The smallest absolute Gasteiger partial charge is 0.417 e. The number of aliphatic hydroxyl groups is 2. The number of alkyl halides is 3. The lowest BCUT2D eigenvalue weighted by Gasteiger charge is -2.11. The number of pyridine rings is 1. The Bertz CT molecular complexity index is 1320. The standard InChI is InChI=1S/C23H19F3N4O4/c24-23(25,26)18-7-2-1-6-16(18)21-29-19-10-27-9-17(20(19)30-21)22(33)28-13-4-3-5-15(8-13)34-12-14(32)11-31/h1-10,14,31-32H,11-12H2,(H,28,33)(H,29,30)/t14-/m1/s1. The number of anilines is 1. The number of H-pyrrole nitrogens is 1. The Labute approximate surface area is 191 Å². The van der Waals surface area contributed by atoms with Gasteiger partial charge in [0, 0.05) is 23.5 Å². The summed E-state index contributed by atoms with van der Waals surface area (Å²) < 4.78 is 45.7. The van der Waals surface area contributed by atoms with Crippen molar-refractivity contribution in [3.63, 3.8) is 0 Å². The molecule has 0 radical (unpaired) electrons. The maximum absolute atomic E-state index is 13.4. The van der Waals surface area contributed by atoms with Crippen molar-refractivity contribution in [2.75, 3.05) is 18.5 Å². The molecular weight excluding hydrogens is 453 g/mol. The molecule has 1 amide bonds. The van der Waals surface area contributed by atoms with Crippen LogP contribution in [0.2, 0.25) is 0 Å².